The molecule has 0 saturated carbocycles. The largest absolute Gasteiger partial charge is 0.462 e. The molecular weight excluding hydrogens is 670 g/mol. The first kappa shape index (κ1) is 42.8. The Morgan fingerprint density at radius 1 is 0.731 bits per heavy atom. The fourth-order valence-electron chi connectivity index (χ4n) is 4.84. The van der Waals surface area contributed by atoms with Gasteiger partial charge in [-0.3, -0.25) is 19.4 Å². The molecule has 7 N–H and O–H groups in total. The number of nitrogens with two attached hydrogens (primary N) is 2. The van der Waals surface area contributed by atoms with E-state index < -0.39 is 18.3 Å². The Bertz CT molecular complexity index is 1370. The van der Waals surface area contributed by atoms with Crippen molar-refractivity contribution in [3.8, 4) is 0 Å². The number of hydrogen-bond donors (Lipinski definition) is 5. The maximum atomic E-state index is 12.9. The van der Waals surface area contributed by atoms with Gasteiger partial charge in [-0.15, -0.1) is 0 Å². The van der Waals surface area contributed by atoms with Crippen molar-refractivity contribution in [2.75, 3.05) is 39.3 Å². The average molecular weight is 726 g/mol. The van der Waals surface area contributed by atoms with Gasteiger partial charge in [0.1, 0.15) is 19.3 Å². The van der Waals surface area contributed by atoms with E-state index in [-0.39, 0.29) is 62.8 Å². The van der Waals surface area contributed by atoms with Crippen LogP contribution in [0.2, 0.25) is 0 Å². The fourth-order valence-corrected chi connectivity index (χ4v) is 4.84. The zero-order chi connectivity index (χ0) is 37.8. The molecule has 15 heteroatoms. The topological polar surface area (TPSA) is 217 Å². The van der Waals surface area contributed by atoms with Gasteiger partial charge in [0.2, 0.25) is 11.8 Å². The highest BCUT2D eigenvalue weighted by molar-refractivity contribution is 5.79. The van der Waals surface area contributed by atoms with Gasteiger partial charge in [-0.25, -0.2) is 9.59 Å². The van der Waals surface area contributed by atoms with Crippen molar-refractivity contribution in [3.63, 3.8) is 0 Å². The van der Waals surface area contributed by atoms with E-state index in [9.17, 15) is 24.0 Å². The Labute approximate surface area is 306 Å². The summed E-state index contributed by atoms with van der Waals surface area (Å²) in [7, 11) is 0. The molecule has 286 valence electrons. The van der Waals surface area contributed by atoms with Gasteiger partial charge in [0.15, 0.2) is 5.96 Å². The second kappa shape index (κ2) is 26.5. The summed E-state index contributed by atoms with van der Waals surface area (Å²) in [5, 5.41) is 8.25. The lowest BCUT2D eigenvalue weighted by Gasteiger charge is -2.22. The minimum Gasteiger partial charge on any atom is -0.462 e. The lowest BCUT2D eigenvalue weighted by Crippen LogP contribution is -2.36. The van der Waals surface area contributed by atoms with Crippen molar-refractivity contribution in [1.29, 1.82) is 0 Å². The van der Waals surface area contributed by atoms with E-state index >= 15 is 0 Å². The Morgan fingerprint density at radius 3 is 2.00 bits per heavy atom. The molecule has 2 rings (SSSR count). The molecule has 0 radical (unpaired) electrons. The van der Waals surface area contributed by atoms with Crippen molar-refractivity contribution in [3.05, 3.63) is 71.8 Å². The number of guanidine groups is 1. The second-order valence-corrected chi connectivity index (χ2v) is 12.0. The molecule has 0 aromatic heterocycles. The van der Waals surface area contributed by atoms with Gasteiger partial charge in [-0.05, 0) is 49.7 Å². The molecule has 1 unspecified atom stereocenters. The number of nitrogens with one attached hydrogen (secondary N) is 3. The van der Waals surface area contributed by atoms with Crippen LogP contribution in [0.25, 0.3) is 0 Å². The summed E-state index contributed by atoms with van der Waals surface area (Å²) in [5.74, 6) is -0.914. The third kappa shape index (κ3) is 21.0. The Hall–Kier alpha value is -5.34. The first-order valence-corrected chi connectivity index (χ1v) is 17.8. The highest BCUT2D eigenvalue weighted by atomic mass is 16.6. The van der Waals surface area contributed by atoms with Gasteiger partial charge in [-0.2, -0.15) is 0 Å². The van der Waals surface area contributed by atoms with Crippen LogP contribution in [-0.2, 0) is 41.8 Å². The first-order chi connectivity index (χ1) is 25.2. The van der Waals surface area contributed by atoms with E-state index in [1.54, 1.807) is 11.8 Å². The van der Waals surface area contributed by atoms with Gasteiger partial charge < -0.3 is 46.5 Å². The lowest BCUT2D eigenvalue weighted by molar-refractivity contribution is -0.150. The molecule has 15 nitrogen and oxygen atoms in total. The molecule has 2 aromatic rings. The molecule has 0 aliphatic rings. The third-order valence-electron chi connectivity index (χ3n) is 7.63. The number of amides is 4. The van der Waals surface area contributed by atoms with Crippen molar-refractivity contribution in [1.82, 2.24) is 20.9 Å². The normalized spacial score (nSPS) is 11.0. The Morgan fingerprint density at radius 2 is 1.35 bits per heavy atom. The first-order valence-electron chi connectivity index (χ1n) is 17.8. The van der Waals surface area contributed by atoms with Crippen LogP contribution in [-0.4, -0.2) is 86.2 Å². The number of aliphatic imine (C=N–C) groups is 1. The van der Waals surface area contributed by atoms with Crippen molar-refractivity contribution in [2.45, 2.75) is 84.0 Å². The number of ether oxygens (including phenoxy) is 3. The molecule has 2 aromatic carbocycles. The maximum Gasteiger partial charge on any atom is 0.410 e. The van der Waals surface area contributed by atoms with Gasteiger partial charge in [0.05, 0.1) is 6.42 Å². The van der Waals surface area contributed by atoms with Crippen LogP contribution in [0.1, 0.15) is 75.8 Å². The summed E-state index contributed by atoms with van der Waals surface area (Å²) in [4.78, 5) is 67.2. The van der Waals surface area contributed by atoms with E-state index in [0.717, 1.165) is 11.1 Å². The smallest absolute Gasteiger partial charge is 0.410 e. The predicted molar refractivity (Wildman–Crippen MR) is 197 cm³/mol. The number of carbonyl (C=O) groups excluding carboxylic acids is 5. The zero-order valence-electron chi connectivity index (χ0n) is 30.2. The van der Waals surface area contributed by atoms with Crippen LogP contribution in [0.4, 0.5) is 9.59 Å². The molecule has 0 aliphatic heterocycles. The zero-order valence-corrected chi connectivity index (χ0v) is 30.2. The molecule has 0 saturated heterocycles. The molecule has 0 spiro atoms. The summed E-state index contributed by atoms with van der Waals surface area (Å²) < 4.78 is 16.2. The number of benzene rings is 2. The average Bonchev–Trinajstić information content (AvgIpc) is 3.14. The van der Waals surface area contributed by atoms with Crippen LogP contribution in [0.15, 0.2) is 65.7 Å². The van der Waals surface area contributed by atoms with Crippen LogP contribution in [0.3, 0.4) is 0 Å². The number of nitrogens with zero attached hydrogens (tertiary/aromatic N) is 2. The van der Waals surface area contributed by atoms with E-state index in [2.05, 4.69) is 20.9 Å². The summed E-state index contributed by atoms with van der Waals surface area (Å²) in [6.07, 6.45) is 2.25. The van der Waals surface area contributed by atoms with Crippen LogP contribution in [0.5, 0.6) is 0 Å². The van der Waals surface area contributed by atoms with Crippen molar-refractivity contribution in [2.24, 2.45) is 16.5 Å². The predicted octanol–water partition coefficient (Wildman–Crippen LogP) is 3.50. The summed E-state index contributed by atoms with van der Waals surface area (Å²) in [6, 6.07) is 18.7. The number of rotatable bonds is 25. The summed E-state index contributed by atoms with van der Waals surface area (Å²) >= 11 is 0. The lowest BCUT2D eigenvalue weighted by atomic mass is 10.1. The van der Waals surface area contributed by atoms with Gasteiger partial charge >= 0.3 is 18.2 Å². The molecule has 0 heterocycles. The van der Waals surface area contributed by atoms with Gasteiger partial charge in [0, 0.05) is 52.1 Å². The third-order valence-corrected chi connectivity index (χ3v) is 7.63. The number of esters is 1. The number of unbranched alkanes of at least 4 members (excludes halogenated alkanes) is 2. The van der Waals surface area contributed by atoms with E-state index in [1.807, 2.05) is 60.7 Å². The second-order valence-electron chi connectivity index (χ2n) is 12.0. The minimum atomic E-state index is -0.576. The summed E-state index contributed by atoms with van der Waals surface area (Å²) in [5.41, 5.74) is 12.4. The number of hydrogen-bond acceptors (Lipinski definition) is 9. The van der Waals surface area contributed by atoms with E-state index in [4.69, 9.17) is 25.7 Å². The molecule has 4 amide bonds. The van der Waals surface area contributed by atoms with E-state index in [0.29, 0.717) is 71.2 Å². The van der Waals surface area contributed by atoms with Gasteiger partial charge in [0.25, 0.3) is 0 Å². The molecule has 52 heavy (non-hydrogen) atoms. The highest BCUT2D eigenvalue weighted by Crippen LogP contribution is 2.11. The van der Waals surface area contributed by atoms with Gasteiger partial charge in [-0.1, -0.05) is 67.6 Å². The Balaban J connectivity index is 1.69. The van der Waals surface area contributed by atoms with Crippen LogP contribution in [0, 0.1) is 0 Å². The molecule has 0 bridgehead atoms. The standard InChI is InChI=1S/C37H55N7O8/c1-2-34(47)52-31(18-9-10-21-42-35(38)39)26-33(46)41-23-19-32(45)40-20-11-12-24-44(37(49)51-28-30-16-7-4-8-17-30)25-13-22-43-36(48)50-27-29-14-5-3-6-15-29/h3-8,14-17,31H,2,9-13,18-28H2,1H3,(H,40,45)(H,41,46)(H,43,48)(H4,38,39,42). The monoisotopic (exact) mass is 725 g/mol. The molecular formula is C37H55N7O8. The fraction of sp³-hybridized carbons (Fsp3) is 0.514. The van der Waals surface area contributed by atoms with Crippen LogP contribution >= 0.6 is 0 Å². The Kier molecular flexibility index (Phi) is 21.8. The number of alkyl carbamates (subject to hydrolysis) is 1. The molecule has 0 aliphatic carbocycles. The van der Waals surface area contributed by atoms with E-state index in [1.165, 1.54) is 0 Å². The minimum absolute atomic E-state index is 0.00561. The van der Waals surface area contributed by atoms with Crippen LogP contribution < -0.4 is 27.4 Å². The molecule has 1 atom stereocenters. The van der Waals surface area contributed by atoms with Crippen molar-refractivity contribution < 1.29 is 38.2 Å². The SMILES string of the molecule is CCC(=O)OC(CCCCN=C(N)N)CC(=O)NCCC(=O)NCCCCN(CCCNC(=O)OCc1ccccc1)C(=O)OCc1ccccc1. The number of carbonyl (C=O) groups is 5. The highest BCUT2D eigenvalue weighted by Gasteiger charge is 2.18. The van der Waals surface area contributed by atoms with Crippen molar-refractivity contribution >= 4 is 35.9 Å². The summed E-state index contributed by atoms with van der Waals surface area (Å²) in [6.45, 7) is 4.03. The molecule has 0 fully saturated rings. The quantitative estimate of drug-likeness (QED) is 0.0330. The maximum absolute atomic E-state index is 12.9.